The standard InChI is InChI=1S/C17H14N4O2S/c22-16(19-12-6-5-11-8-18-20-13(11)7-12)9-21-14-3-1-2-4-15(14)24-10-17(21)23/h1-8H,9-10H2,(H,18,20)(H,19,22). The second-order valence-corrected chi connectivity index (χ2v) is 6.47. The van der Waals surface area contributed by atoms with Crippen LogP contribution >= 0.6 is 11.8 Å². The fourth-order valence-corrected chi connectivity index (χ4v) is 3.62. The Balaban J connectivity index is 1.52. The maximum atomic E-state index is 12.4. The van der Waals surface area contributed by atoms with Gasteiger partial charge in [0.25, 0.3) is 0 Å². The minimum Gasteiger partial charge on any atom is -0.324 e. The van der Waals surface area contributed by atoms with E-state index in [1.54, 1.807) is 6.20 Å². The number of anilines is 2. The molecular weight excluding hydrogens is 324 g/mol. The van der Waals surface area contributed by atoms with Crippen LogP contribution in [-0.2, 0) is 9.59 Å². The zero-order chi connectivity index (χ0) is 16.5. The first-order valence-corrected chi connectivity index (χ1v) is 8.44. The first kappa shape index (κ1) is 14.8. The first-order valence-electron chi connectivity index (χ1n) is 7.46. The molecule has 6 nitrogen and oxygen atoms in total. The van der Waals surface area contributed by atoms with Crippen molar-refractivity contribution in [2.75, 3.05) is 22.5 Å². The summed E-state index contributed by atoms with van der Waals surface area (Å²) in [7, 11) is 0. The zero-order valence-corrected chi connectivity index (χ0v) is 13.5. The van der Waals surface area contributed by atoms with Crippen molar-refractivity contribution in [2.24, 2.45) is 0 Å². The van der Waals surface area contributed by atoms with Crippen molar-refractivity contribution < 1.29 is 9.59 Å². The first-order chi connectivity index (χ1) is 11.7. The normalized spacial score (nSPS) is 13.8. The fraction of sp³-hybridized carbons (Fsp3) is 0.118. The Labute approximate surface area is 142 Å². The number of benzene rings is 2. The Kier molecular flexibility index (Phi) is 3.70. The number of carbonyl (C=O) groups excluding carboxylic acids is 2. The molecule has 2 amide bonds. The number of hydrogen-bond acceptors (Lipinski definition) is 4. The molecule has 7 heteroatoms. The summed E-state index contributed by atoms with van der Waals surface area (Å²) >= 11 is 1.50. The summed E-state index contributed by atoms with van der Waals surface area (Å²) in [6.07, 6.45) is 1.72. The van der Waals surface area contributed by atoms with Gasteiger partial charge in [-0.25, -0.2) is 0 Å². The van der Waals surface area contributed by atoms with E-state index in [1.165, 1.54) is 16.7 Å². The highest BCUT2D eigenvalue weighted by atomic mass is 32.2. The lowest BCUT2D eigenvalue weighted by Gasteiger charge is -2.28. The van der Waals surface area contributed by atoms with Crippen molar-refractivity contribution in [3.8, 4) is 0 Å². The smallest absolute Gasteiger partial charge is 0.244 e. The Morgan fingerprint density at radius 1 is 1.29 bits per heavy atom. The molecule has 1 aliphatic rings. The summed E-state index contributed by atoms with van der Waals surface area (Å²) in [6.45, 7) is -0.00256. The van der Waals surface area contributed by atoms with Crippen LogP contribution in [0.15, 0.2) is 53.6 Å². The Morgan fingerprint density at radius 2 is 2.17 bits per heavy atom. The van der Waals surface area contributed by atoms with Gasteiger partial charge in [0.2, 0.25) is 11.8 Å². The lowest BCUT2D eigenvalue weighted by Crippen LogP contribution is -2.41. The van der Waals surface area contributed by atoms with Gasteiger partial charge < -0.3 is 10.2 Å². The number of fused-ring (bicyclic) bond motifs is 2. The van der Waals surface area contributed by atoms with E-state index in [2.05, 4.69) is 15.5 Å². The van der Waals surface area contributed by atoms with Crippen molar-refractivity contribution in [3.05, 3.63) is 48.7 Å². The zero-order valence-electron chi connectivity index (χ0n) is 12.7. The SMILES string of the molecule is O=C(CN1C(=O)CSc2ccccc21)Nc1ccc2cn[nH]c2c1. The molecule has 2 N–H and O–H groups in total. The van der Waals surface area contributed by atoms with Crippen molar-refractivity contribution in [1.29, 1.82) is 0 Å². The average molecular weight is 338 g/mol. The van der Waals surface area contributed by atoms with E-state index >= 15 is 0 Å². The maximum absolute atomic E-state index is 12.4. The Bertz CT molecular complexity index is 937. The summed E-state index contributed by atoms with van der Waals surface area (Å²) in [5.41, 5.74) is 2.31. The number of para-hydroxylation sites is 1. The molecule has 0 atom stereocenters. The number of H-pyrrole nitrogens is 1. The van der Waals surface area contributed by atoms with Gasteiger partial charge in [-0.15, -0.1) is 11.8 Å². The van der Waals surface area contributed by atoms with Crippen LogP contribution in [0.4, 0.5) is 11.4 Å². The van der Waals surface area contributed by atoms with E-state index in [0.29, 0.717) is 11.4 Å². The molecule has 3 aromatic rings. The van der Waals surface area contributed by atoms with Crippen LogP contribution in [0.3, 0.4) is 0 Å². The highest BCUT2D eigenvalue weighted by Gasteiger charge is 2.26. The van der Waals surface area contributed by atoms with Crippen molar-refractivity contribution in [1.82, 2.24) is 10.2 Å². The second kappa shape index (κ2) is 6.01. The fourth-order valence-electron chi connectivity index (χ4n) is 2.69. The van der Waals surface area contributed by atoms with E-state index < -0.39 is 0 Å². The molecule has 2 aromatic carbocycles. The number of nitrogens with zero attached hydrogens (tertiary/aromatic N) is 2. The van der Waals surface area contributed by atoms with Crippen molar-refractivity contribution in [3.63, 3.8) is 0 Å². The molecule has 0 bridgehead atoms. The average Bonchev–Trinajstić information content (AvgIpc) is 3.05. The van der Waals surface area contributed by atoms with Gasteiger partial charge in [0, 0.05) is 16.0 Å². The minimum absolute atomic E-state index is 0.00256. The summed E-state index contributed by atoms with van der Waals surface area (Å²) in [5.74, 6) is 0.0616. The predicted octanol–water partition coefficient (Wildman–Crippen LogP) is 2.64. The van der Waals surface area contributed by atoms with Crippen LogP contribution < -0.4 is 10.2 Å². The largest absolute Gasteiger partial charge is 0.324 e. The predicted molar refractivity (Wildman–Crippen MR) is 94.2 cm³/mol. The van der Waals surface area contributed by atoms with Gasteiger partial charge >= 0.3 is 0 Å². The van der Waals surface area contributed by atoms with Crippen LogP contribution in [-0.4, -0.2) is 34.3 Å². The Hall–Kier alpha value is -2.80. The highest BCUT2D eigenvalue weighted by Crippen LogP contribution is 2.34. The molecule has 0 aliphatic carbocycles. The van der Waals surface area contributed by atoms with Gasteiger partial charge in [-0.3, -0.25) is 14.7 Å². The maximum Gasteiger partial charge on any atom is 0.244 e. The summed E-state index contributed by atoms with van der Waals surface area (Å²) in [4.78, 5) is 27.1. The van der Waals surface area contributed by atoms with Gasteiger partial charge in [-0.2, -0.15) is 5.10 Å². The van der Waals surface area contributed by atoms with Crippen molar-refractivity contribution >= 4 is 45.9 Å². The highest BCUT2D eigenvalue weighted by molar-refractivity contribution is 8.00. The van der Waals surface area contributed by atoms with Crippen LogP contribution in [0.1, 0.15) is 0 Å². The van der Waals surface area contributed by atoms with Gasteiger partial charge in [-0.05, 0) is 30.3 Å². The molecule has 24 heavy (non-hydrogen) atoms. The van der Waals surface area contributed by atoms with Crippen LogP contribution in [0.2, 0.25) is 0 Å². The molecule has 0 saturated heterocycles. The van der Waals surface area contributed by atoms with E-state index in [0.717, 1.165) is 21.5 Å². The number of amides is 2. The van der Waals surface area contributed by atoms with Crippen LogP contribution in [0.25, 0.3) is 10.9 Å². The van der Waals surface area contributed by atoms with E-state index in [4.69, 9.17) is 0 Å². The molecule has 0 fully saturated rings. The molecule has 1 aliphatic heterocycles. The summed E-state index contributed by atoms with van der Waals surface area (Å²) in [5, 5.41) is 10.6. The Morgan fingerprint density at radius 3 is 3.08 bits per heavy atom. The number of aromatic amines is 1. The number of nitrogens with one attached hydrogen (secondary N) is 2. The quantitative estimate of drug-likeness (QED) is 0.769. The molecule has 120 valence electrons. The molecule has 0 saturated carbocycles. The summed E-state index contributed by atoms with van der Waals surface area (Å²) in [6, 6.07) is 13.1. The van der Waals surface area contributed by atoms with Gasteiger partial charge in [0.15, 0.2) is 0 Å². The van der Waals surface area contributed by atoms with Crippen LogP contribution in [0, 0.1) is 0 Å². The third-order valence-corrected chi connectivity index (χ3v) is 4.88. The molecule has 0 unspecified atom stereocenters. The number of carbonyl (C=O) groups is 2. The second-order valence-electron chi connectivity index (χ2n) is 5.46. The third kappa shape index (κ3) is 2.74. The number of hydrogen-bond donors (Lipinski definition) is 2. The lowest BCUT2D eigenvalue weighted by molar-refractivity contribution is -0.120. The monoisotopic (exact) mass is 338 g/mol. The van der Waals surface area contributed by atoms with Gasteiger partial charge in [-0.1, -0.05) is 12.1 Å². The summed E-state index contributed by atoms with van der Waals surface area (Å²) < 4.78 is 0. The molecule has 0 radical (unpaired) electrons. The van der Waals surface area contributed by atoms with E-state index in [1.807, 2.05) is 42.5 Å². The molecule has 4 rings (SSSR count). The van der Waals surface area contributed by atoms with E-state index in [9.17, 15) is 9.59 Å². The number of rotatable bonds is 3. The number of aromatic nitrogens is 2. The molecule has 0 spiro atoms. The molecule has 1 aromatic heterocycles. The van der Waals surface area contributed by atoms with Gasteiger partial charge in [0.1, 0.15) is 6.54 Å². The molecule has 2 heterocycles. The van der Waals surface area contributed by atoms with E-state index in [-0.39, 0.29) is 18.4 Å². The van der Waals surface area contributed by atoms with Crippen LogP contribution in [0.5, 0.6) is 0 Å². The third-order valence-electron chi connectivity index (χ3n) is 3.84. The minimum atomic E-state index is -0.232. The molecular formula is C17H14N4O2S. The van der Waals surface area contributed by atoms with Gasteiger partial charge in [0.05, 0.1) is 23.2 Å². The topological polar surface area (TPSA) is 78.1 Å². The van der Waals surface area contributed by atoms with Crippen molar-refractivity contribution in [2.45, 2.75) is 4.90 Å². The number of thioether (sulfide) groups is 1. The lowest BCUT2D eigenvalue weighted by atomic mass is 10.2.